The van der Waals surface area contributed by atoms with Crippen molar-refractivity contribution < 1.29 is 23.7 Å². The molecule has 10 nitrogen and oxygen atoms in total. The monoisotopic (exact) mass is 524 g/mol. The maximum atomic E-state index is 13.1. The molecule has 1 aliphatic rings. The first-order valence-electron chi connectivity index (χ1n) is 12.3. The fourth-order valence-electron chi connectivity index (χ4n) is 4.33. The van der Waals surface area contributed by atoms with Crippen molar-refractivity contribution in [2.24, 2.45) is 5.10 Å². The van der Waals surface area contributed by atoms with Gasteiger partial charge >= 0.3 is 0 Å². The van der Waals surface area contributed by atoms with Crippen molar-refractivity contribution in [3.8, 4) is 11.5 Å². The number of nitro groups is 1. The number of fused-ring (bicyclic) bond motifs is 1. The van der Waals surface area contributed by atoms with E-state index in [2.05, 4.69) is 15.8 Å². The Morgan fingerprint density at radius 2 is 1.62 bits per heavy atom. The van der Waals surface area contributed by atoms with Gasteiger partial charge in [0.1, 0.15) is 17.3 Å². The molecule has 0 radical (unpaired) electrons. The van der Waals surface area contributed by atoms with Gasteiger partial charge in [0, 0.05) is 40.9 Å². The largest absolute Gasteiger partial charge is 0.457 e. The molecule has 4 aromatic rings. The molecule has 0 saturated carbocycles. The van der Waals surface area contributed by atoms with Gasteiger partial charge in [-0.05, 0) is 68.3 Å². The van der Waals surface area contributed by atoms with Crippen LogP contribution in [0.1, 0.15) is 50.6 Å². The van der Waals surface area contributed by atoms with Crippen LogP contribution >= 0.6 is 0 Å². The number of para-hydroxylation sites is 1. The topological polar surface area (TPSA) is 136 Å². The van der Waals surface area contributed by atoms with E-state index >= 15 is 0 Å². The molecule has 196 valence electrons. The zero-order chi connectivity index (χ0) is 27.4. The maximum Gasteiger partial charge on any atom is 0.291 e. The summed E-state index contributed by atoms with van der Waals surface area (Å²) in [5.41, 5.74) is 5.18. The predicted molar refractivity (Wildman–Crippen MR) is 144 cm³/mol. The number of ether oxygens (including phenoxy) is 1. The zero-order valence-corrected chi connectivity index (χ0v) is 21.0. The molecular formula is C29H24N4O6. The predicted octanol–water partition coefficient (Wildman–Crippen LogP) is 6.01. The fourth-order valence-corrected chi connectivity index (χ4v) is 4.33. The van der Waals surface area contributed by atoms with Crippen LogP contribution in [0.4, 0.5) is 11.4 Å². The normalized spacial score (nSPS) is 13.4. The van der Waals surface area contributed by atoms with Crippen LogP contribution in [-0.4, -0.2) is 22.4 Å². The number of benzene rings is 3. The minimum atomic E-state index is -0.531. The average molecular weight is 525 g/mol. The molecule has 1 aliphatic carbocycles. The highest BCUT2D eigenvalue weighted by Crippen LogP contribution is 2.31. The summed E-state index contributed by atoms with van der Waals surface area (Å²) < 4.78 is 11.7. The summed E-state index contributed by atoms with van der Waals surface area (Å²) in [6.07, 6.45) is 1.98. The Kier molecular flexibility index (Phi) is 7.17. The molecule has 1 aromatic heterocycles. The minimum Gasteiger partial charge on any atom is -0.457 e. The summed E-state index contributed by atoms with van der Waals surface area (Å²) >= 11 is 0. The number of hydrogen-bond donors (Lipinski definition) is 2. The van der Waals surface area contributed by atoms with Gasteiger partial charge in [0.25, 0.3) is 17.5 Å². The second kappa shape index (κ2) is 11.0. The molecular weight excluding hydrogens is 500 g/mol. The number of anilines is 1. The van der Waals surface area contributed by atoms with Crippen LogP contribution in [0.2, 0.25) is 0 Å². The highest BCUT2D eigenvalue weighted by Gasteiger charge is 2.28. The second-order valence-electron chi connectivity index (χ2n) is 8.90. The number of hydrogen-bond acceptors (Lipinski definition) is 7. The average Bonchev–Trinajstić information content (AvgIpc) is 3.30. The molecule has 0 fully saturated rings. The molecule has 1 heterocycles. The summed E-state index contributed by atoms with van der Waals surface area (Å²) in [5, 5.41) is 18.0. The van der Waals surface area contributed by atoms with Gasteiger partial charge in [0.2, 0.25) is 0 Å². The standard InChI is InChI=1S/C29H24N4O6/c1-18-26-24(31-32-28(34)19-10-14-21(15-11-19)33(36)37)8-5-9-25(26)39-27(18)29(35)30-20-12-16-23(17-13-20)38-22-6-3-2-4-7-22/h2-4,6-7,10-17H,5,8-9H2,1H3,(H,30,35)(H,32,34)/b31-24+. The number of amides is 2. The number of nitrogens with zero attached hydrogens (tertiary/aromatic N) is 2. The third-order valence-electron chi connectivity index (χ3n) is 6.26. The molecule has 0 bridgehead atoms. The highest BCUT2D eigenvalue weighted by molar-refractivity contribution is 6.09. The van der Waals surface area contributed by atoms with Crippen molar-refractivity contribution >= 4 is 28.9 Å². The Bertz CT molecular complexity index is 1560. The number of furan rings is 1. The number of carbonyl (C=O) groups is 2. The summed E-state index contributed by atoms with van der Waals surface area (Å²) in [5.74, 6) is 1.28. The van der Waals surface area contributed by atoms with Gasteiger partial charge in [0.05, 0.1) is 10.6 Å². The molecule has 0 unspecified atom stereocenters. The van der Waals surface area contributed by atoms with Crippen LogP contribution in [-0.2, 0) is 6.42 Å². The SMILES string of the molecule is Cc1c(C(=O)Nc2ccc(Oc3ccccc3)cc2)oc2c1/C(=N/NC(=O)c1ccc([N+](=O)[O-])cc1)CCC2. The Balaban J connectivity index is 1.28. The summed E-state index contributed by atoms with van der Waals surface area (Å²) in [7, 11) is 0. The number of nitrogens with one attached hydrogen (secondary N) is 2. The lowest BCUT2D eigenvalue weighted by atomic mass is 9.93. The van der Waals surface area contributed by atoms with E-state index in [1.807, 2.05) is 30.3 Å². The first-order valence-corrected chi connectivity index (χ1v) is 12.3. The molecule has 3 aromatic carbocycles. The van der Waals surface area contributed by atoms with E-state index in [0.717, 1.165) is 6.42 Å². The Labute approximate surface area is 223 Å². The molecule has 0 aliphatic heterocycles. The van der Waals surface area contributed by atoms with Gasteiger partial charge in [-0.1, -0.05) is 18.2 Å². The molecule has 0 saturated heterocycles. The lowest BCUT2D eigenvalue weighted by Crippen LogP contribution is -2.22. The summed E-state index contributed by atoms with van der Waals surface area (Å²) in [4.78, 5) is 35.9. The van der Waals surface area contributed by atoms with Crippen LogP contribution in [0.15, 0.2) is 88.4 Å². The molecule has 10 heteroatoms. The molecule has 0 atom stereocenters. The Morgan fingerprint density at radius 3 is 2.31 bits per heavy atom. The van der Waals surface area contributed by atoms with Gasteiger partial charge in [-0.3, -0.25) is 19.7 Å². The van der Waals surface area contributed by atoms with E-state index in [9.17, 15) is 19.7 Å². The van der Waals surface area contributed by atoms with Gasteiger partial charge in [-0.15, -0.1) is 0 Å². The van der Waals surface area contributed by atoms with E-state index in [-0.39, 0.29) is 17.0 Å². The van der Waals surface area contributed by atoms with Gasteiger partial charge in [-0.25, -0.2) is 5.43 Å². The fraction of sp³-hybridized carbons (Fsp3) is 0.138. The minimum absolute atomic E-state index is 0.105. The summed E-state index contributed by atoms with van der Waals surface area (Å²) in [6.45, 7) is 1.78. The van der Waals surface area contributed by atoms with Gasteiger partial charge < -0.3 is 14.5 Å². The zero-order valence-electron chi connectivity index (χ0n) is 21.0. The third-order valence-corrected chi connectivity index (χ3v) is 6.26. The van der Waals surface area contributed by atoms with Crippen molar-refractivity contribution in [2.75, 3.05) is 5.32 Å². The highest BCUT2D eigenvalue weighted by atomic mass is 16.6. The summed E-state index contributed by atoms with van der Waals surface area (Å²) in [6, 6.07) is 21.7. The van der Waals surface area contributed by atoms with Crippen LogP contribution < -0.4 is 15.5 Å². The number of hydrazone groups is 1. The molecule has 5 rings (SSSR count). The van der Waals surface area contributed by atoms with E-state index in [0.29, 0.717) is 52.6 Å². The van der Waals surface area contributed by atoms with E-state index in [4.69, 9.17) is 9.15 Å². The van der Waals surface area contributed by atoms with Crippen LogP contribution in [0.5, 0.6) is 11.5 Å². The number of non-ortho nitro benzene ring substituents is 1. The molecule has 2 N–H and O–H groups in total. The van der Waals surface area contributed by atoms with Crippen molar-refractivity contribution in [3.05, 3.63) is 117 Å². The van der Waals surface area contributed by atoms with E-state index in [1.54, 1.807) is 31.2 Å². The molecule has 39 heavy (non-hydrogen) atoms. The first kappa shape index (κ1) is 25.4. The van der Waals surface area contributed by atoms with Crippen molar-refractivity contribution in [3.63, 3.8) is 0 Å². The van der Waals surface area contributed by atoms with Crippen molar-refractivity contribution in [1.82, 2.24) is 5.43 Å². The molecule has 0 spiro atoms. The number of aryl methyl sites for hydroxylation is 1. The third kappa shape index (κ3) is 5.69. The second-order valence-corrected chi connectivity index (χ2v) is 8.90. The Morgan fingerprint density at radius 1 is 0.923 bits per heavy atom. The van der Waals surface area contributed by atoms with Crippen molar-refractivity contribution in [1.29, 1.82) is 0 Å². The number of nitro benzene ring substituents is 1. The van der Waals surface area contributed by atoms with Gasteiger partial charge in [-0.2, -0.15) is 5.10 Å². The van der Waals surface area contributed by atoms with E-state index in [1.165, 1.54) is 24.3 Å². The van der Waals surface area contributed by atoms with Crippen molar-refractivity contribution in [2.45, 2.75) is 26.2 Å². The van der Waals surface area contributed by atoms with E-state index < -0.39 is 16.7 Å². The number of carbonyl (C=O) groups excluding carboxylic acids is 2. The van der Waals surface area contributed by atoms with Crippen LogP contribution in [0, 0.1) is 17.0 Å². The molecule has 2 amide bonds. The van der Waals surface area contributed by atoms with Gasteiger partial charge in [0.15, 0.2) is 5.76 Å². The maximum absolute atomic E-state index is 13.1. The van der Waals surface area contributed by atoms with Crippen LogP contribution in [0.3, 0.4) is 0 Å². The Hall–Kier alpha value is -5.25. The smallest absolute Gasteiger partial charge is 0.291 e. The quantitative estimate of drug-likeness (QED) is 0.224. The lowest BCUT2D eigenvalue weighted by molar-refractivity contribution is -0.384. The van der Waals surface area contributed by atoms with Crippen LogP contribution in [0.25, 0.3) is 0 Å². The lowest BCUT2D eigenvalue weighted by Gasteiger charge is -2.13. The first-order chi connectivity index (χ1) is 18.9. The number of rotatable bonds is 7.